The van der Waals surface area contributed by atoms with E-state index in [0.717, 1.165) is 31.3 Å². The fourth-order valence-electron chi connectivity index (χ4n) is 12.0. The topological polar surface area (TPSA) is 248 Å². The van der Waals surface area contributed by atoms with Gasteiger partial charge in [-0.15, -0.1) is 0 Å². The number of hydrogen-bond acceptors (Lipinski definition) is 15. The Balaban J connectivity index is 0.967. The van der Waals surface area contributed by atoms with Gasteiger partial charge in [0.2, 0.25) is 0 Å². The lowest BCUT2D eigenvalue weighted by atomic mass is 9.46. The van der Waals surface area contributed by atoms with Gasteiger partial charge >= 0.3 is 0 Å². The Bertz CT molecular complexity index is 1390. The van der Waals surface area contributed by atoms with Crippen LogP contribution in [0.1, 0.15) is 72.1 Å². The van der Waals surface area contributed by atoms with Gasteiger partial charge in [-0.1, -0.05) is 44.6 Å². The molecule has 54 heavy (non-hydrogen) atoms. The zero-order valence-electron chi connectivity index (χ0n) is 31.5. The summed E-state index contributed by atoms with van der Waals surface area (Å²) in [5.41, 5.74) is 1.20. The second-order valence-corrected chi connectivity index (χ2v) is 17.9. The largest absolute Gasteiger partial charge is 0.394 e. The van der Waals surface area contributed by atoms with Gasteiger partial charge in [-0.2, -0.15) is 0 Å². The SMILES string of the molecule is C=C(CC[C@@]1(O)O[C@H]2C[C@H]3C4CC=C5C[C@H](O[C@@H]6O[C@H](CO)[C@@H](O)[C@H](O)[C@H]6O)C[C@@H](O)[C@]5(C)C4CC[C@]3(C)[C@H]2[C@@H]1C)CO[C@@H]1O[C@H](CO)[C@@H](O)[C@H](O)[C@H]1O. The van der Waals surface area contributed by atoms with E-state index >= 15 is 0 Å². The van der Waals surface area contributed by atoms with Crippen molar-refractivity contribution in [1.29, 1.82) is 0 Å². The minimum atomic E-state index is -1.54. The third-order valence-corrected chi connectivity index (χ3v) is 15.2. The van der Waals surface area contributed by atoms with Crippen LogP contribution in [0.2, 0.25) is 0 Å². The Morgan fingerprint density at radius 1 is 0.870 bits per heavy atom. The minimum absolute atomic E-state index is 0.0242. The molecule has 308 valence electrons. The molecule has 0 spiro atoms. The van der Waals surface area contributed by atoms with Crippen molar-refractivity contribution in [3.05, 3.63) is 23.8 Å². The molecule has 3 aliphatic heterocycles. The Kier molecular flexibility index (Phi) is 11.6. The molecule has 2 unspecified atom stereocenters. The fourth-order valence-corrected chi connectivity index (χ4v) is 12.0. The summed E-state index contributed by atoms with van der Waals surface area (Å²) in [4.78, 5) is 0. The molecule has 0 radical (unpaired) electrons. The van der Waals surface area contributed by atoms with Crippen molar-refractivity contribution in [2.24, 2.45) is 40.4 Å². The van der Waals surface area contributed by atoms with E-state index in [1.807, 2.05) is 0 Å². The van der Waals surface area contributed by atoms with E-state index < -0.39 is 98.0 Å². The lowest BCUT2D eigenvalue weighted by Gasteiger charge is -2.59. The highest BCUT2D eigenvalue weighted by atomic mass is 16.7. The molecular formula is C39H62O15. The summed E-state index contributed by atoms with van der Waals surface area (Å²) in [6.45, 7) is 9.53. The minimum Gasteiger partial charge on any atom is -0.394 e. The summed E-state index contributed by atoms with van der Waals surface area (Å²) >= 11 is 0. The molecule has 15 heteroatoms. The van der Waals surface area contributed by atoms with Crippen LogP contribution in [-0.4, -0.2) is 156 Å². The Hall–Kier alpha value is -1.12. The maximum Gasteiger partial charge on any atom is 0.187 e. The first kappa shape index (κ1) is 41.1. The number of fused-ring (bicyclic) bond motifs is 7. The predicted molar refractivity (Wildman–Crippen MR) is 188 cm³/mol. The maximum atomic E-state index is 11.9. The summed E-state index contributed by atoms with van der Waals surface area (Å²) in [7, 11) is 0. The molecule has 7 aliphatic rings. The van der Waals surface area contributed by atoms with Crippen LogP contribution in [0.4, 0.5) is 0 Å². The monoisotopic (exact) mass is 770 g/mol. The molecule has 0 aromatic carbocycles. The summed E-state index contributed by atoms with van der Waals surface area (Å²) in [6, 6.07) is 0. The summed E-state index contributed by atoms with van der Waals surface area (Å²) in [5, 5.41) is 104. The predicted octanol–water partition coefficient (Wildman–Crippen LogP) is -0.792. The molecule has 3 saturated carbocycles. The van der Waals surface area contributed by atoms with Gasteiger partial charge in [0.05, 0.1) is 38.1 Å². The zero-order valence-corrected chi connectivity index (χ0v) is 31.5. The van der Waals surface area contributed by atoms with E-state index in [1.165, 1.54) is 0 Å². The molecule has 3 heterocycles. The van der Waals surface area contributed by atoms with Crippen molar-refractivity contribution < 1.29 is 74.7 Å². The van der Waals surface area contributed by atoms with E-state index in [9.17, 15) is 51.1 Å². The van der Waals surface area contributed by atoms with Gasteiger partial charge in [0, 0.05) is 24.2 Å². The van der Waals surface area contributed by atoms with E-state index in [-0.39, 0.29) is 35.9 Å². The van der Waals surface area contributed by atoms with Crippen LogP contribution in [0.5, 0.6) is 0 Å². The van der Waals surface area contributed by atoms with Gasteiger partial charge in [0.15, 0.2) is 18.4 Å². The van der Waals surface area contributed by atoms with Crippen LogP contribution < -0.4 is 0 Å². The van der Waals surface area contributed by atoms with E-state index in [2.05, 4.69) is 33.4 Å². The van der Waals surface area contributed by atoms with Gasteiger partial charge in [-0.25, -0.2) is 0 Å². The molecule has 0 aromatic rings. The van der Waals surface area contributed by atoms with Crippen molar-refractivity contribution in [3.63, 3.8) is 0 Å². The van der Waals surface area contributed by atoms with E-state index in [4.69, 9.17) is 23.7 Å². The number of ether oxygens (including phenoxy) is 5. The van der Waals surface area contributed by atoms with E-state index in [1.54, 1.807) is 0 Å². The van der Waals surface area contributed by atoms with Crippen molar-refractivity contribution in [3.8, 4) is 0 Å². The molecule has 3 saturated heterocycles. The van der Waals surface area contributed by atoms with Crippen molar-refractivity contribution in [1.82, 2.24) is 0 Å². The number of allylic oxidation sites excluding steroid dienone is 1. The summed E-state index contributed by atoms with van der Waals surface area (Å²) in [6.07, 6.45) is -7.72. The molecule has 15 nitrogen and oxygen atoms in total. The Morgan fingerprint density at radius 3 is 2.15 bits per heavy atom. The average Bonchev–Trinajstić information content (AvgIpc) is 3.58. The maximum absolute atomic E-state index is 11.9. The molecule has 4 aliphatic carbocycles. The second kappa shape index (κ2) is 15.2. The zero-order chi connectivity index (χ0) is 39.1. The quantitative estimate of drug-likeness (QED) is 0.122. The number of aliphatic hydroxyl groups is 10. The molecule has 7 rings (SSSR count). The lowest BCUT2D eigenvalue weighted by molar-refractivity contribution is -0.315. The van der Waals surface area contributed by atoms with Gasteiger partial charge in [0.25, 0.3) is 0 Å². The van der Waals surface area contributed by atoms with Gasteiger partial charge in [-0.3, -0.25) is 0 Å². The normalized spacial score (nSPS) is 54.3. The lowest BCUT2D eigenvalue weighted by Crippen LogP contribution is -2.60. The third kappa shape index (κ3) is 6.66. The van der Waals surface area contributed by atoms with Crippen LogP contribution in [0.3, 0.4) is 0 Å². The molecule has 0 bridgehead atoms. The second-order valence-electron chi connectivity index (χ2n) is 17.9. The molecular weight excluding hydrogens is 708 g/mol. The third-order valence-electron chi connectivity index (χ3n) is 15.2. The first-order valence-corrected chi connectivity index (χ1v) is 19.8. The average molecular weight is 771 g/mol. The standard InChI is InChI=1S/C39H62O15/c1-17(16-50-35-33(47)31(45)29(43)25(14-40)52-35)7-10-39(49)18(2)28-24(54-39)13-23-21-6-5-19-11-20(51-36-34(48)32(46)30(44)26(15-41)53-36)12-27(42)38(19,4)22(21)8-9-37(23,28)3/h5,18,20-36,40-49H,1,6-16H2,2-4H3/t18-,20-,21?,22?,23-,24-,25+,26+,27+,28-,29+,30+,31-,32-,33+,34+,35+,36+,37-,38-,39+/m0/s1. The van der Waals surface area contributed by atoms with Crippen LogP contribution in [0.25, 0.3) is 0 Å². The van der Waals surface area contributed by atoms with Crippen LogP contribution >= 0.6 is 0 Å². The van der Waals surface area contributed by atoms with E-state index in [0.29, 0.717) is 43.1 Å². The first-order valence-electron chi connectivity index (χ1n) is 19.8. The highest BCUT2D eigenvalue weighted by molar-refractivity contribution is 5.28. The number of rotatable bonds is 10. The first-order chi connectivity index (χ1) is 25.5. The summed E-state index contributed by atoms with van der Waals surface area (Å²) in [5.74, 6) is -0.488. The van der Waals surface area contributed by atoms with Crippen LogP contribution in [0.15, 0.2) is 23.8 Å². The van der Waals surface area contributed by atoms with Gasteiger partial charge in [0.1, 0.15) is 48.8 Å². The summed E-state index contributed by atoms with van der Waals surface area (Å²) < 4.78 is 29.4. The molecule has 0 amide bonds. The number of hydrogen-bond donors (Lipinski definition) is 10. The molecule has 6 fully saturated rings. The van der Waals surface area contributed by atoms with Crippen molar-refractivity contribution in [2.45, 2.75) is 158 Å². The molecule has 21 atom stereocenters. The fraction of sp³-hybridized carbons (Fsp3) is 0.897. The smallest absolute Gasteiger partial charge is 0.187 e. The number of aliphatic hydroxyl groups excluding tert-OH is 9. The highest BCUT2D eigenvalue weighted by Gasteiger charge is 2.68. The van der Waals surface area contributed by atoms with Crippen molar-refractivity contribution >= 4 is 0 Å². The van der Waals surface area contributed by atoms with Gasteiger partial charge < -0.3 is 74.7 Å². The Labute approximate surface area is 316 Å². The van der Waals surface area contributed by atoms with Crippen molar-refractivity contribution in [2.75, 3.05) is 19.8 Å². The molecule has 0 aromatic heterocycles. The highest BCUT2D eigenvalue weighted by Crippen LogP contribution is 2.70. The Morgan fingerprint density at radius 2 is 1.50 bits per heavy atom. The van der Waals surface area contributed by atoms with Gasteiger partial charge in [-0.05, 0) is 67.6 Å². The van der Waals surface area contributed by atoms with Crippen LogP contribution in [0, 0.1) is 40.4 Å². The van der Waals surface area contributed by atoms with Crippen LogP contribution in [-0.2, 0) is 23.7 Å². The molecule has 10 N–H and O–H groups in total.